The van der Waals surface area contributed by atoms with Crippen molar-refractivity contribution in [1.29, 1.82) is 0 Å². The molecule has 0 radical (unpaired) electrons. The van der Waals surface area contributed by atoms with Crippen molar-refractivity contribution in [2.24, 2.45) is 4.99 Å². The molecule has 2 aliphatic heterocycles. The van der Waals surface area contributed by atoms with Crippen LogP contribution in [-0.4, -0.2) is 47.3 Å². The Balaban J connectivity index is 1.72. The van der Waals surface area contributed by atoms with Gasteiger partial charge in [-0.15, -0.1) is 0 Å². The molecule has 156 valence electrons. The zero-order valence-electron chi connectivity index (χ0n) is 18.2. The molecular formula is C25H30N3OS+. The monoisotopic (exact) mass is 420 g/mol. The Bertz CT molecular complexity index is 981. The molecule has 30 heavy (non-hydrogen) atoms. The molecule has 1 fully saturated rings. The van der Waals surface area contributed by atoms with Gasteiger partial charge < -0.3 is 4.90 Å². The van der Waals surface area contributed by atoms with Crippen LogP contribution in [0.25, 0.3) is 0 Å². The third-order valence-electron chi connectivity index (χ3n) is 6.29. The summed E-state index contributed by atoms with van der Waals surface area (Å²) in [6.45, 7) is 8.47. The number of benzene rings is 2. The van der Waals surface area contributed by atoms with Crippen molar-refractivity contribution in [3.63, 3.8) is 0 Å². The van der Waals surface area contributed by atoms with E-state index in [1.54, 1.807) is 0 Å². The fraction of sp³-hybridized carbons (Fsp3) is 0.400. The molecule has 5 heteroatoms. The largest absolute Gasteiger partial charge is 0.337 e. The summed E-state index contributed by atoms with van der Waals surface area (Å²) in [6, 6.07) is 18.0. The highest BCUT2D eigenvalue weighted by molar-refractivity contribution is 7.82. The Morgan fingerprint density at radius 1 is 1.03 bits per heavy atom. The zero-order chi connectivity index (χ0) is 21.5. The Labute approximate surface area is 184 Å². The first-order valence-electron chi connectivity index (χ1n) is 10.7. The first kappa shape index (κ1) is 20.9. The number of likely N-dealkylation sites (tertiary alicyclic amines) is 1. The van der Waals surface area contributed by atoms with Crippen molar-refractivity contribution in [2.75, 3.05) is 20.1 Å². The van der Waals surface area contributed by atoms with Gasteiger partial charge >= 0.3 is 0 Å². The molecule has 1 spiro atoms. The average Bonchev–Trinajstić information content (AvgIpc) is 3.02. The van der Waals surface area contributed by atoms with Crippen LogP contribution in [0.2, 0.25) is 0 Å². The maximum Gasteiger partial charge on any atom is 0.260 e. The molecule has 4 nitrogen and oxygen atoms in total. The summed E-state index contributed by atoms with van der Waals surface area (Å²) in [5.74, 6) is -0.0466. The summed E-state index contributed by atoms with van der Waals surface area (Å²) in [7, 11) is 2.19. The second kappa shape index (κ2) is 7.71. The van der Waals surface area contributed by atoms with Crippen LogP contribution in [-0.2, 0) is 5.41 Å². The lowest BCUT2D eigenvalue weighted by molar-refractivity contribution is -0.886. The Morgan fingerprint density at radius 3 is 2.20 bits per heavy atom. The standard InChI is InChI=1S/C25H29N3OS/c1-24(2,3)20-12-10-19(11-13-20)22(29)28-23(30)21(18-8-6-5-7-9-18)26-25(28)14-16-27(4)17-15-25/h5-13H,14-17H2,1-4H3/p+1. The highest BCUT2D eigenvalue weighted by Crippen LogP contribution is 2.36. The van der Waals surface area contributed by atoms with Gasteiger partial charge in [-0.25, -0.2) is 0 Å². The van der Waals surface area contributed by atoms with E-state index >= 15 is 0 Å². The number of hydrogen-bond donors (Lipinski definition) is 1. The smallest absolute Gasteiger partial charge is 0.260 e. The number of aliphatic imine (C=N–C) groups is 1. The lowest BCUT2D eigenvalue weighted by Gasteiger charge is -2.40. The van der Waals surface area contributed by atoms with E-state index in [1.807, 2.05) is 47.4 Å². The molecule has 1 amide bonds. The van der Waals surface area contributed by atoms with Gasteiger partial charge in [0.15, 0.2) is 5.66 Å². The fourth-order valence-electron chi connectivity index (χ4n) is 4.32. The summed E-state index contributed by atoms with van der Waals surface area (Å²) in [5, 5.41) is 0. The van der Waals surface area contributed by atoms with Gasteiger partial charge in [-0.2, -0.15) is 0 Å². The minimum absolute atomic E-state index is 0.0466. The topological polar surface area (TPSA) is 37.1 Å². The van der Waals surface area contributed by atoms with Gasteiger partial charge in [-0.1, -0.05) is 75.5 Å². The van der Waals surface area contributed by atoms with Crippen LogP contribution in [0.5, 0.6) is 0 Å². The number of carbonyl (C=O) groups is 1. The summed E-state index contributed by atoms with van der Waals surface area (Å²) in [6.07, 6.45) is 1.64. The summed E-state index contributed by atoms with van der Waals surface area (Å²) in [5.41, 5.74) is 3.10. The molecule has 1 saturated heterocycles. The Morgan fingerprint density at radius 2 is 1.63 bits per heavy atom. The van der Waals surface area contributed by atoms with E-state index in [2.05, 4.69) is 40.0 Å². The number of nitrogens with one attached hydrogen (secondary N) is 1. The minimum Gasteiger partial charge on any atom is -0.337 e. The normalized spacial score (nSPS) is 24.3. The predicted octanol–water partition coefficient (Wildman–Crippen LogP) is 3.26. The van der Waals surface area contributed by atoms with Gasteiger partial charge in [0.05, 0.1) is 20.1 Å². The molecule has 0 saturated carbocycles. The molecule has 0 unspecified atom stereocenters. The third kappa shape index (κ3) is 3.72. The summed E-state index contributed by atoms with van der Waals surface area (Å²) < 4.78 is 0. The molecule has 1 N–H and O–H groups in total. The molecule has 0 bridgehead atoms. The quantitative estimate of drug-likeness (QED) is 0.758. The lowest BCUT2D eigenvalue weighted by Crippen LogP contribution is -3.10. The summed E-state index contributed by atoms with van der Waals surface area (Å²) in [4.78, 5) is 22.7. The molecule has 0 aromatic heterocycles. The van der Waals surface area contributed by atoms with Gasteiger partial charge in [0.1, 0.15) is 10.7 Å². The first-order valence-corrected chi connectivity index (χ1v) is 11.1. The molecule has 2 aromatic rings. The number of carbonyl (C=O) groups excluding carboxylic acids is 1. The number of hydrogen-bond acceptors (Lipinski definition) is 3. The van der Waals surface area contributed by atoms with Crippen molar-refractivity contribution in [2.45, 2.75) is 44.7 Å². The van der Waals surface area contributed by atoms with Crippen molar-refractivity contribution >= 4 is 28.8 Å². The zero-order valence-corrected chi connectivity index (χ0v) is 19.1. The van der Waals surface area contributed by atoms with Crippen LogP contribution in [0.3, 0.4) is 0 Å². The second-order valence-corrected chi connectivity index (χ2v) is 9.93. The van der Waals surface area contributed by atoms with Crippen molar-refractivity contribution in [1.82, 2.24) is 4.90 Å². The molecule has 0 aliphatic carbocycles. The van der Waals surface area contributed by atoms with Gasteiger partial charge in [0.25, 0.3) is 5.91 Å². The number of thiocarbonyl (C=S) groups is 1. The van der Waals surface area contributed by atoms with Gasteiger partial charge in [-0.05, 0) is 23.1 Å². The van der Waals surface area contributed by atoms with E-state index in [0.29, 0.717) is 10.6 Å². The van der Waals surface area contributed by atoms with Crippen LogP contribution in [0.4, 0.5) is 0 Å². The average molecular weight is 421 g/mol. The molecule has 2 aromatic carbocycles. The van der Waals surface area contributed by atoms with Crippen molar-refractivity contribution < 1.29 is 9.69 Å². The maximum atomic E-state index is 13.7. The van der Waals surface area contributed by atoms with Crippen LogP contribution in [0.15, 0.2) is 59.6 Å². The number of nitrogens with zero attached hydrogens (tertiary/aromatic N) is 2. The molecule has 0 atom stereocenters. The van der Waals surface area contributed by atoms with Gasteiger partial charge in [-0.3, -0.25) is 14.7 Å². The number of quaternary nitrogens is 1. The maximum absolute atomic E-state index is 13.7. The molecule has 4 rings (SSSR count). The van der Waals surface area contributed by atoms with E-state index in [9.17, 15) is 4.79 Å². The van der Waals surface area contributed by atoms with Gasteiger partial charge in [0.2, 0.25) is 0 Å². The van der Waals surface area contributed by atoms with Crippen LogP contribution < -0.4 is 4.90 Å². The molecular weight excluding hydrogens is 390 g/mol. The third-order valence-corrected chi connectivity index (χ3v) is 6.67. The number of piperidine rings is 1. The van der Waals surface area contributed by atoms with Crippen LogP contribution in [0.1, 0.15) is 55.1 Å². The van der Waals surface area contributed by atoms with Crippen molar-refractivity contribution in [3.05, 3.63) is 71.3 Å². The van der Waals surface area contributed by atoms with Crippen molar-refractivity contribution in [3.8, 4) is 0 Å². The number of amides is 1. The first-order chi connectivity index (χ1) is 14.2. The fourth-order valence-corrected chi connectivity index (χ4v) is 4.74. The second-order valence-electron chi connectivity index (χ2n) is 9.54. The van der Waals surface area contributed by atoms with Crippen LogP contribution >= 0.6 is 12.2 Å². The van der Waals surface area contributed by atoms with E-state index in [4.69, 9.17) is 17.2 Å². The Kier molecular flexibility index (Phi) is 5.37. The SMILES string of the molecule is C[NH+]1CCC2(CC1)N=C(c1ccccc1)C(=S)N2C(=O)c1ccc(C(C)(C)C)cc1. The highest BCUT2D eigenvalue weighted by Gasteiger charge is 2.50. The number of rotatable bonds is 2. The predicted molar refractivity (Wildman–Crippen MR) is 125 cm³/mol. The Hall–Kier alpha value is -2.37. The molecule has 2 heterocycles. The van der Waals surface area contributed by atoms with E-state index in [-0.39, 0.29) is 11.3 Å². The van der Waals surface area contributed by atoms with Crippen LogP contribution in [0, 0.1) is 0 Å². The van der Waals surface area contributed by atoms with E-state index in [0.717, 1.165) is 37.2 Å². The summed E-state index contributed by atoms with van der Waals surface area (Å²) >= 11 is 5.86. The van der Waals surface area contributed by atoms with E-state index < -0.39 is 5.66 Å². The van der Waals surface area contributed by atoms with E-state index in [1.165, 1.54) is 10.5 Å². The lowest BCUT2D eigenvalue weighted by atomic mass is 9.86. The minimum atomic E-state index is -0.568. The van der Waals surface area contributed by atoms with Gasteiger partial charge in [0, 0.05) is 24.0 Å². The molecule has 2 aliphatic rings. The highest BCUT2D eigenvalue weighted by atomic mass is 32.1.